The van der Waals surface area contributed by atoms with Gasteiger partial charge in [-0.05, 0) is 44.2 Å². The molecule has 0 aliphatic rings. The van der Waals surface area contributed by atoms with E-state index >= 15 is 0 Å². The van der Waals surface area contributed by atoms with E-state index in [1.807, 2.05) is 24.3 Å². The molecule has 0 heterocycles. The Labute approximate surface area is 199 Å². The molecule has 0 saturated carbocycles. The van der Waals surface area contributed by atoms with Crippen LogP contribution < -0.4 is 5.32 Å². The van der Waals surface area contributed by atoms with E-state index in [1.54, 1.807) is 13.8 Å². The van der Waals surface area contributed by atoms with Crippen molar-refractivity contribution in [3.8, 4) is 0 Å². The number of carbonyl (C=O) groups excluding carboxylic acids is 3. The molecule has 0 bridgehead atoms. The van der Waals surface area contributed by atoms with E-state index in [9.17, 15) is 24.5 Å². The molecule has 0 fully saturated rings. The number of rotatable bonds is 13. The summed E-state index contributed by atoms with van der Waals surface area (Å²) in [5.74, 6) is -1.18. The van der Waals surface area contributed by atoms with Crippen LogP contribution in [0.5, 0.6) is 0 Å². The van der Waals surface area contributed by atoms with E-state index in [0.29, 0.717) is 5.92 Å². The first kappa shape index (κ1) is 28.4. The van der Waals surface area contributed by atoms with Crippen molar-refractivity contribution in [2.45, 2.75) is 59.9 Å². The van der Waals surface area contributed by atoms with Gasteiger partial charge in [-0.25, -0.2) is 4.79 Å². The Morgan fingerprint density at radius 3 is 2.27 bits per heavy atom. The van der Waals surface area contributed by atoms with Gasteiger partial charge in [-0.1, -0.05) is 56.8 Å². The van der Waals surface area contributed by atoms with Gasteiger partial charge in [-0.3, -0.25) is 9.59 Å². The van der Waals surface area contributed by atoms with Crippen LogP contribution in [0.2, 0.25) is 0 Å². The number of carbonyl (C=O) groups is 3. The van der Waals surface area contributed by atoms with Crippen LogP contribution in [0.25, 0.3) is 0 Å². The highest BCUT2D eigenvalue weighted by Crippen LogP contribution is 2.24. The molecule has 1 amide bonds. The summed E-state index contributed by atoms with van der Waals surface area (Å²) in [6.07, 6.45) is 0.960. The molecule has 1 aromatic carbocycles. The number of hydrogen-bond acceptors (Lipinski definition) is 8. The van der Waals surface area contributed by atoms with Crippen molar-refractivity contribution in [3.63, 3.8) is 0 Å². The Morgan fingerprint density at radius 2 is 1.76 bits per heavy atom. The number of esters is 1. The van der Waals surface area contributed by atoms with Crippen molar-refractivity contribution in [2.24, 2.45) is 11.3 Å². The van der Waals surface area contributed by atoms with Gasteiger partial charge in [-0.2, -0.15) is 0 Å². The van der Waals surface area contributed by atoms with Crippen LogP contribution in [0.1, 0.15) is 58.6 Å². The van der Waals surface area contributed by atoms with Crippen LogP contribution in [-0.2, 0) is 30.4 Å². The molecule has 1 rings (SSSR count). The fraction of sp³-hybridized carbons (Fsp3) is 0.609. The van der Waals surface area contributed by atoms with Gasteiger partial charge >= 0.3 is 5.97 Å². The molecule has 1 N–H and O–H groups in total. The van der Waals surface area contributed by atoms with Crippen molar-refractivity contribution < 1.29 is 29.0 Å². The van der Waals surface area contributed by atoms with Crippen molar-refractivity contribution in [1.29, 1.82) is 0 Å². The van der Waals surface area contributed by atoms with Gasteiger partial charge in [0.2, 0.25) is 5.91 Å². The second-order valence-electron chi connectivity index (χ2n) is 8.85. The fourth-order valence-electron chi connectivity index (χ4n) is 2.89. The van der Waals surface area contributed by atoms with Gasteiger partial charge in [0.1, 0.15) is 12.6 Å². The van der Waals surface area contributed by atoms with Crippen LogP contribution in [0, 0.1) is 21.4 Å². The van der Waals surface area contributed by atoms with Crippen LogP contribution in [0.4, 0.5) is 0 Å². The fourth-order valence-corrected chi connectivity index (χ4v) is 3.82. The summed E-state index contributed by atoms with van der Waals surface area (Å²) in [5, 5.41) is 11.9. The number of hydrogen-bond donors (Lipinski definition) is 1. The molecule has 184 valence electrons. The first-order valence-electron chi connectivity index (χ1n) is 10.9. The SMILES string of the molecule is CCOC(=O)[C@H](CSC(=O)C(C)c1ccc(CC(C)C)cc1)NC(=O)C(C)(C)CO[N+](=O)[O-]. The number of benzene rings is 1. The molecular formula is C23H34N2O7S. The Hall–Kier alpha value is -2.62. The minimum atomic E-state index is -1.27. The van der Waals surface area contributed by atoms with Crippen molar-refractivity contribution in [2.75, 3.05) is 19.0 Å². The highest BCUT2D eigenvalue weighted by molar-refractivity contribution is 8.13. The third-order valence-electron chi connectivity index (χ3n) is 4.89. The van der Waals surface area contributed by atoms with Gasteiger partial charge in [-0.15, -0.1) is 10.1 Å². The van der Waals surface area contributed by atoms with Crippen LogP contribution >= 0.6 is 11.8 Å². The molecule has 1 unspecified atom stereocenters. The molecule has 0 saturated heterocycles. The molecule has 0 aromatic heterocycles. The molecular weight excluding hydrogens is 448 g/mol. The minimum absolute atomic E-state index is 0.0225. The first-order chi connectivity index (χ1) is 15.4. The van der Waals surface area contributed by atoms with Gasteiger partial charge < -0.3 is 14.9 Å². The summed E-state index contributed by atoms with van der Waals surface area (Å²) in [7, 11) is 0. The van der Waals surface area contributed by atoms with Crippen molar-refractivity contribution >= 4 is 28.8 Å². The number of thioether (sulfide) groups is 1. The predicted octanol–water partition coefficient (Wildman–Crippen LogP) is 3.53. The topological polar surface area (TPSA) is 125 Å². The Morgan fingerprint density at radius 1 is 1.15 bits per heavy atom. The predicted molar refractivity (Wildman–Crippen MR) is 126 cm³/mol. The van der Waals surface area contributed by atoms with E-state index in [2.05, 4.69) is 24.0 Å². The Balaban J connectivity index is 2.80. The molecule has 1 aromatic rings. The summed E-state index contributed by atoms with van der Waals surface area (Å²) in [6, 6.07) is 6.81. The van der Waals surface area contributed by atoms with E-state index < -0.39 is 40.9 Å². The first-order valence-corrected chi connectivity index (χ1v) is 11.9. The second-order valence-corrected chi connectivity index (χ2v) is 9.87. The van der Waals surface area contributed by atoms with Gasteiger partial charge in [0.15, 0.2) is 5.12 Å². The lowest BCUT2D eigenvalue weighted by Gasteiger charge is -2.25. The molecule has 10 heteroatoms. The van der Waals surface area contributed by atoms with E-state index in [1.165, 1.54) is 19.4 Å². The lowest BCUT2D eigenvalue weighted by molar-refractivity contribution is -0.760. The summed E-state index contributed by atoms with van der Waals surface area (Å²) in [5.41, 5.74) is 0.807. The zero-order valence-electron chi connectivity index (χ0n) is 20.1. The lowest BCUT2D eigenvalue weighted by atomic mass is 9.93. The summed E-state index contributed by atoms with van der Waals surface area (Å²) in [4.78, 5) is 52.4. The normalized spacial score (nSPS) is 13.2. The zero-order valence-corrected chi connectivity index (χ0v) is 20.9. The largest absolute Gasteiger partial charge is 0.464 e. The highest BCUT2D eigenvalue weighted by Gasteiger charge is 2.34. The van der Waals surface area contributed by atoms with Crippen molar-refractivity contribution in [3.05, 3.63) is 45.5 Å². The van der Waals surface area contributed by atoms with Crippen LogP contribution in [-0.4, -0.2) is 47.1 Å². The minimum Gasteiger partial charge on any atom is -0.464 e. The van der Waals surface area contributed by atoms with Crippen molar-refractivity contribution in [1.82, 2.24) is 5.32 Å². The van der Waals surface area contributed by atoms with Crippen LogP contribution in [0.15, 0.2) is 24.3 Å². The summed E-state index contributed by atoms with van der Waals surface area (Å²) < 4.78 is 5.02. The van der Waals surface area contributed by atoms with Gasteiger partial charge in [0.05, 0.1) is 17.9 Å². The highest BCUT2D eigenvalue weighted by atomic mass is 32.2. The smallest absolute Gasteiger partial charge is 0.329 e. The second kappa shape index (κ2) is 13.2. The Bertz CT molecular complexity index is 825. The summed E-state index contributed by atoms with van der Waals surface area (Å²) in [6.45, 7) is 10.3. The van der Waals surface area contributed by atoms with Gasteiger partial charge in [0, 0.05) is 5.75 Å². The maximum atomic E-state index is 12.8. The molecule has 0 spiro atoms. The van der Waals surface area contributed by atoms with E-state index in [0.717, 1.165) is 23.7 Å². The monoisotopic (exact) mass is 482 g/mol. The standard InChI is InChI=1S/C23H34N2O7S/c1-7-31-20(26)19(24-22(28)23(5,6)14-32-25(29)30)13-33-21(27)16(4)18-10-8-17(9-11-18)12-15(2)3/h8-11,15-16,19H,7,12-14H2,1-6H3,(H,24,28)/t16?,19-/m0/s1. The molecule has 9 nitrogen and oxygen atoms in total. The third kappa shape index (κ3) is 9.81. The molecule has 33 heavy (non-hydrogen) atoms. The number of nitrogens with zero attached hydrogens (tertiary/aromatic N) is 1. The molecule has 0 radical (unpaired) electrons. The molecule has 0 aliphatic carbocycles. The maximum absolute atomic E-state index is 12.8. The van der Waals surface area contributed by atoms with Crippen LogP contribution in [0.3, 0.4) is 0 Å². The van der Waals surface area contributed by atoms with E-state index in [-0.39, 0.29) is 17.5 Å². The zero-order chi connectivity index (χ0) is 25.2. The molecule has 0 aliphatic heterocycles. The Kier molecular flexibility index (Phi) is 11.3. The quantitative estimate of drug-likeness (QED) is 0.257. The van der Waals surface area contributed by atoms with E-state index in [4.69, 9.17) is 4.74 Å². The number of ether oxygens (including phenoxy) is 1. The summed E-state index contributed by atoms with van der Waals surface area (Å²) >= 11 is 0.933. The number of amides is 1. The average Bonchev–Trinajstić information content (AvgIpc) is 2.74. The average molecular weight is 483 g/mol. The lowest BCUT2D eigenvalue weighted by Crippen LogP contribution is -2.50. The van der Waals surface area contributed by atoms with Gasteiger partial charge in [0.25, 0.3) is 5.09 Å². The third-order valence-corrected chi connectivity index (χ3v) is 6.03. The molecule has 2 atom stereocenters. The maximum Gasteiger partial charge on any atom is 0.329 e. The number of nitrogens with one attached hydrogen (secondary N) is 1.